The number of allylic oxidation sites excluding steroid dienone is 11. The molecule has 404 valence electrons. The molecule has 14 heteroatoms. The van der Waals surface area contributed by atoms with Crippen molar-refractivity contribution in [2.45, 2.75) is 254 Å². The fraction of sp³-hybridized carbons (Fsp3) is 0.768. The number of ether oxygens (including phenoxy) is 4. The first-order chi connectivity index (χ1) is 34.1. The average molecular weight is 992 g/mol. The lowest BCUT2D eigenvalue weighted by Crippen LogP contribution is -2.65. The predicted molar refractivity (Wildman–Crippen MR) is 277 cm³/mol. The van der Waals surface area contributed by atoms with Gasteiger partial charge in [0.15, 0.2) is 12.6 Å². The summed E-state index contributed by atoms with van der Waals surface area (Å²) in [6.45, 7) is 2.61. The molecular weight excluding hydrogens is 895 g/mol. The smallest absolute Gasteiger partial charge is 0.220 e. The van der Waals surface area contributed by atoms with Crippen LogP contribution in [0.5, 0.6) is 0 Å². The molecule has 70 heavy (non-hydrogen) atoms. The van der Waals surface area contributed by atoms with E-state index in [0.717, 1.165) is 64.2 Å². The second-order valence-electron chi connectivity index (χ2n) is 19.0. The van der Waals surface area contributed by atoms with E-state index in [4.69, 9.17) is 18.9 Å². The van der Waals surface area contributed by atoms with Gasteiger partial charge in [0.25, 0.3) is 0 Å². The van der Waals surface area contributed by atoms with Crippen molar-refractivity contribution in [1.29, 1.82) is 0 Å². The summed E-state index contributed by atoms with van der Waals surface area (Å²) in [4.78, 5) is 13.2. The number of aliphatic hydroxyl groups is 8. The Morgan fingerprint density at radius 2 is 1.00 bits per heavy atom. The van der Waals surface area contributed by atoms with Crippen LogP contribution in [-0.2, 0) is 23.7 Å². The standard InChI is InChI=1S/C56H97NO13/c1-3-5-7-9-11-13-15-17-18-19-20-21-22-23-24-25-26-28-29-31-33-35-37-39-45(60)44(57-48(61)40-38-36-34-32-30-27-16-14-12-10-8-6-4-2)43-67-55-53(66)51(64)54(47(42-59)69-55)70-56-52(65)50(63)49(62)46(41-58)68-56/h6,8,12,14,24-25,27,29-31,37,39,44-47,49-56,58-60,62-66H,3-5,7,9-11,13,15-23,26,28,32-36,38,40-43H2,1-2H3,(H,57,61)/b8-6-,14-12-,25-24+,30-27-,31-29+,39-37+. The van der Waals surface area contributed by atoms with Gasteiger partial charge in [-0.3, -0.25) is 4.79 Å². The highest BCUT2D eigenvalue weighted by molar-refractivity contribution is 5.76. The molecule has 0 aliphatic carbocycles. The van der Waals surface area contributed by atoms with E-state index in [1.54, 1.807) is 6.08 Å². The molecule has 1 amide bonds. The SMILES string of the molecule is CC/C=C\C/C=C\C/C=C\CCCCCC(=O)NC(COC1OC(CO)C(OC2OC(CO)C(O)C(O)C2O)C(O)C1O)C(O)/C=C/CC/C=C/CC/C=C/CCCCCCCCCCCCCCC. The molecule has 2 saturated heterocycles. The van der Waals surface area contributed by atoms with Crippen molar-refractivity contribution < 1.29 is 64.6 Å². The maximum Gasteiger partial charge on any atom is 0.220 e. The quantitative estimate of drug-likeness (QED) is 0.0209. The molecule has 2 aliphatic heterocycles. The van der Waals surface area contributed by atoms with Crippen LogP contribution in [0.3, 0.4) is 0 Å². The molecule has 2 aliphatic rings. The molecule has 9 N–H and O–H groups in total. The van der Waals surface area contributed by atoms with Crippen molar-refractivity contribution in [1.82, 2.24) is 5.32 Å². The zero-order valence-electron chi connectivity index (χ0n) is 43.0. The lowest BCUT2D eigenvalue weighted by atomic mass is 9.97. The van der Waals surface area contributed by atoms with E-state index in [2.05, 4.69) is 79.9 Å². The fourth-order valence-electron chi connectivity index (χ4n) is 8.45. The van der Waals surface area contributed by atoms with Crippen molar-refractivity contribution in [3.63, 3.8) is 0 Å². The number of rotatable bonds is 41. The monoisotopic (exact) mass is 992 g/mol. The van der Waals surface area contributed by atoms with Gasteiger partial charge in [-0.1, -0.05) is 170 Å². The number of hydrogen-bond donors (Lipinski definition) is 9. The van der Waals surface area contributed by atoms with Gasteiger partial charge in [-0.05, 0) is 77.0 Å². The van der Waals surface area contributed by atoms with Gasteiger partial charge in [0.2, 0.25) is 5.91 Å². The second-order valence-corrected chi connectivity index (χ2v) is 19.0. The Kier molecular flexibility index (Phi) is 38.0. The minimum absolute atomic E-state index is 0.231. The van der Waals surface area contributed by atoms with E-state index >= 15 is 0 Å². The Balaban J connectivity index is 1.83. The molecule has 2 rings (SSSR count). The third-order valence-corrected chi connectivity index (χ3v) is 12.9. The summed E-state index contributed by atoms with van der Waals surface area (Å²) >= 11 is 0. The van der Waals surface area contributed by atoms with E-state index < -0.39 is 86.8 Å². The van der Waals surface area contributed by atoms with Crippen LogP contribution in [-0.4, -0.2) is 140 Å². The third-order valence-electron chi connectivity index (χ3n) is 12.9. The van der Waals surface area contributed by atoms with Gasteiger partial charge in [0.1, 0.15) is 48.8 Å². The predicted octanol–water partition coefficient (Wildman–Crippen LogP) is 7.99. The van der Waals surface area contributed by atoms with Crippen molar-refractivity contribution in [2.75, 3.05) is 19.8 Å². The third kappa shape index (κ3) is 28.0. The van der Waals surface area contributed by atoms with Crippen LogP contribution in [0.4, 0.5) is 0 Å². The summed E-state index contributed by atoms with van der Waals surface area (Å²) in [7, 11) is 0. The Morgan fingerprint density at radius 1 is 0.529 bits per heavy atom. The zero-order chi connectivity index (χ0) is 51.0. The number of amides is 1. The van der Waals surface area contributed by atoms with Crippen LogP contribution in [0.25, 0.3) is 0 Å². The Labute approximate surface area is 421 Å². The van der Waals surface area contributed by atoms with Crippen molar-refractivity contribution in [2.24, 2.45) is 0 Å². The van der Waals surface area contributed by atoms with Gasteiger partial charge in [0.05, 0.1) is 32.0 Å². The molecule has 0 saturated carbocycles. The Hall–Kier alpha value is -2.57. The minimum Gasteiger partial charge on any atom is -0.394 e. The van der Waals surface area contributed by atoms with Crippen molar-refractivity contribution in [3.05, 3.63) is 72.9 Å². The van der Waals surface area contributed by atoms with Crippen LogP contribution in [0, 0.1) is 0 Å². The Bertz CT molecular complexity index is 1450. The van der Waals surface area contributed by atoms with E-state index in [1.165, 1.54) is 83.5 Å². The summed E-state index contributed by atoms with van der Waals surface area (Å²) < 4.78 is 22.7. The number of carbonyl (C=O) groups is 1. The molecule has 2 heterocycles. The van der Waals surface area contributed by atoms with Gasteiger partial charge >= 0.3 is 0 Å². The first-order valence-corrected chi connectivity index (χ1v) is 27.2. The van der Waals surface area contributed by atoms with Crippen LogP contribution in [0.2, 0.25) is 0 Å². The summed E-state index contributed by atoms with van der Waals surface area (Å²) in [5, 5.41) is 86.8. The highest BCUT2D eigenvalue weighted by Gasteiger charge is 2.51. The normalized spacial score (nSPS) is 26.5. The number of unbranched alkanes of at least 4 members (excludes halogenated alkanes) is 18. The fourth-order valence-corrected chi connectivity index (χ4v) is 8.45. The highest BCUT2D eigenvalue weighted by Crippen LogP contribution is 2.30. The largest absolute Gasteiger partial charge is 0.394 e. The van der Waals surface area contributed by atoms with E-state index in [1.807, 2.05) is 6.08 Å². The van der Waals surface area contributed by atoms with E-state index in [9.17, 15) is 45.6 Å². The van der Waals surface area contributed by atoms with Gasteiger partial charge in [-0.15, -0.1) is 0 Å². The summed E-state index contributed by atoms with van der Waals surface area (Å²) in [6, 6.07) is -0.956. The van der Waals surface area contributed by atoms with Gasteiger partial charge in [-0.25, -0.2) is 0 Å². The Morgan fingerprint density at radius 3 is 1.57 bits per heavy atom. The number of hydrogen-bond acceptors (Lipinski definition) is 13. The van der Waals surface area contributed by atoms with Gasteiger partial charge in [0, 0.05) is 6.42 Å². The average Bonchev–Trinajstić information content (AvgIpc) is 3.36. The first-order valence-electron chi connectivity index (χ1n) is 27.2. The van der Waals surface area contributed by atoms with Gasteiger partial charge < -0.3 is 65.1 Å². The van der Waals surface area contributed by atoms with Crippen LogP contribution >= 0.6 is 0 Å². The highest BCUT2D eigenvalue weighted by atomic mass is 16.7. The minimum atomic E-state index is -1.80. The first kappa shape index (κ1) is 63.5. The zero-order valence-corrected chi connectivity index (χ0v) is 43.0. The lowest BCUT2D eigenvalue weighted by Gasteiger charge is -2.46. The maximum atomic E-state index is 13.2. The molecule has 0 radical (unpaired) electrons. The summed E-state index contributed by atoms with van der Waals surface area (Å²) in [5.41, 5.74) is 0. The molecule has 12 atom stereocenters. The molecule has 0 aromatic rings. The van der Waals surface area contributed by atoms with Crippen LogP contribution in [0.15, 0.2) is 72.9 Å². The van der Waals surface area contributed by atoms with Crippen LogP contribution in [0.1, 0.15) is 181 Å². The number of nitrogens with one attached hydrogen (secondary N) is 1. The molecule has 12 unspecified atom stereocenters. The van der Waals surface area contributed by atoms with E-state index in [0.29, 0.717) is 12.8 Å². The molecule has 0 spiro atoms. The van der Waals surface area contributed by atoms with Crippen molar-refractivity contribution >= 4 is 5.91 Å². The molecule has 0 bridgehead atoms. The van der Waals surface area contributed by atoms with Crippen LogP contribution < -0.4 is 5.32 Å². The number of aliphatic hydroxyl groups excluding tert-OH is 8. The van der Waals surface area contributed by atoms with E-state index in [-0.39, 0.29) is 18.9 Å². The molecule has 0 aromatic carbocycles. The molecule has 2 fully saturated rings. The topological polar surface area (TPSA) is 228 Å². The lowest BCUT2D eigenvalue weighted by molar-refractivity contribution is -0.359. The molecule has 14 nitrogen and oxygen atoms in total. The van der Waals surface area contributed by atoms with Crippen molar-refractivity contribution in [3.8, 4) is 0 Å². The molecule has 0 aromatic heterocycles. The number of carbonyl (C=O) groups excluding carboxylic acids is 1. The van der Waals surface area contributed by atoms with Gasteiger partial charge in [-0.2, -0.15) is 0 Å². The molecular formula is C56H97NO13. The summed E-state index contributed by atoms with van der Waals surface area (Å²) in [6.07, 6.45) is 36.7. The summed E-state index contributed by atoms with van der Waals surface area (Å²) in [5.74, 6) is -0.286. The maximum absolute atomic E-state index is 13.2. The second kappa shape index (κ2) is 41.9.